The standard InChI is InChI=1S/C20H35N5O.HI/c1-4-23(5-2)13-9-8-12-22-20(21-3)25-16-14-24(15-17-25)18-10-6-7-11-19(18)26;/h6-7,10-11,26H,4-5,8-9,12-17H2,1-3H3,(H,21,22);1H. The molecule has 1 aromatic carbocycles. The summed E-state index contributed by atoms with van der Waals surface area (Å²) in [6, 6.07) is 7.57. The van der Waals surface area contributed by atoms with Crippen LogP contribution in [0.4, 0.5) is 5.69 Å². The second-order valence-corrected chi connectivity index (χ2v) is 6.67. The number of benzene rings is 1. The van der Waals surface area contributed by atoms with Crippen LogP contribution in [0, 0.1) is 0 Å². The Balaban J connectivity index is 0.00000364. The number of unbranched alkanes of at least 4 members (excludes halogenated alkanes) is 1. The Morgan fingerprint density at radius 2 is 1.78 bits per heavy atom. The van der Waals surface area contributed by atoms with Crippen LogP contribution in [0.15, 0.2) is 29.3 Å². The van der Waals surface area contributed by atoms with E-state index in [9.17, 15) is 5.11 Å². The zero-order chi connectivity index (χ0) is 18.8. The van der Waals surface area contributed by atoms with Gasteiger partial charge in [-0.25, -0.2) is 0 Å². The van der Waals surface area contributed by atoms with Gasteiger partial charge in [0.2, 0.25) is 0 Å². The van der Waals surface area contributed by atoms with Gasteiger partial charge in [-0.05, 0) is 44.6 Å². The molecule has 0 bridgehead atoms. The summed E-state index contributed by atoms with van der Waals surface area (Å²) in [4.78, 5) is 11.5. The fourth-order valence-electron chi connectivity index (χ4n) is 3.42. The fraction of sp³-hybridized carbons (Fsp3) is 0.650. The Morgan fingerprint density at radius 1 is 1.11 bits per heavy atom. The van der Waals surface area contributed by atoms with Crippen molar-refractivity contribution in [2.75, 3.05) is 64.3 Å². The maximum absolute atomic E-state index is 10.0. The second kappa shape index (κ2) is 13.0. The summed E-state index contributed by atoms with van der Waals surface area (Å²) in [6.45, 7) is 12.4. The van der Waals surface area contributed by atoms with Crippen molar-refractivity contribution in [3.63, 3.8) is 0 Å². The quantitative estimate of drug-likeness (QED) is 0.255. The highest BCUT2D eigenvalue weighted by molar-refractivity contribution is 14.0. The third-order valence-electron chi connectivity index (χ3n) is 5.09. The van der Waals surface area contributed by atoms with Crippen molar-refractivity contribution < 1.29 is 5.11 Å². The van der Waals surface area contributed by atoms with Gasteiger partial charge in [-0.3, -0.25) is 4.99 Å². The van der Waals surface area contributed by atoms with E-state index in [1.807, 2.05) is 25.2 Å². The van der Waals surface area contributed by atoms with Crippen molar-refractivity contribution in [2.45, 2.75) is 26.7 Å². The fourth-order valence-corrected chi connectivity index (χ4v) is 3.42. The first-order valence-electron chi connectivity index (χ1n) is 9.90. The normalized spacial score (nSPS) is 15.0. The Hall–Kier alpha value is -1.22. The van der Waals surface area contributed by atoms with Crippen molar-refractivity contribution in [3.8, 4) is 5.75 Å². The SMILES string of the molecule is CCN(CC)CCCCNC(=NC)N1CCN(c2ccccc2O)CC1.I. The lowest BCUT2D eigenvalue weighted by atomic mass is 10.2. The topological polar surface area (TPSA) is 54.3 Å². The molecule has 1 fully saturated rings. The predicted molar refractivity (Wildman–Crippen MR) is 126 cm³/mol. The smallest absolute Gasteiger partial charge is 0.193 e. The Kier molecular flexibility index (Phi) is 11.5. The van der Waals surface area contributed by atoms with E-state index in [2.05, 4.69) is 38.9 Å². The van der Waals surface area contributed by atoms with Gasteiger partial charge in [-0.1, -0.05) is 26.0 Å². The van der Waals surface area contributed by atoms with Gasteiger partial charge < -0.3 is 25.1 Å². The van der Waals surface area contributed by atoms with Crippen LogP contribution in [0.25, 0.3) is 0 Å². The van der Waals surface area contributed by atoms with Crippen LogP contribution in [-0.4, -0.2) is 80.3 Å². The van der Waals surface area contributed by atoms with E-state index in [0.717, 1.165) is 63.9 Å². The minimum absolute atomic E-state index is 0. The van der Waals surface area contributed by atoms with Gasteiger partial charge in [0.15, 0.2) is 5.96 Å². The summed E-state index contributed by atoms with van der Waals surface area (Å²) in [5.41, 5.74) is 0.923. The second-order valence-electron chi connectivity index (χ2n) is 6.67. The summed E-state index contributed by atoms with van der Waals surface area (Å²) >= 11 is 0. The molecular formula is C20H36IN5O. The molecule has 0 aromatic heterocycles. The summed E-state index contributed by atoms with van der Waals surface area (Å²) in [7, 11) is 1.85. The maximum Gasteiger partial charge on any atom is 0.193 e. The number of phenolic OH excluding ortho intramolecular Hbond substituents is 1. The molecule has 1 saturated heterocycles. The van der Waals surface area contributed by atoms with Gasteiger partial charge in [0, 0.05) is 39.8 Å². The monoisotopic (exact) mass is 489 g/mol. The van der Waals surface area contributed by atoms with Crippen LogP contribution in [0.2, 0.25) is 0 Å². The molecule has 0 radical (unpaired) electrons. The lowest BCUT2D eigenvalue weighted by Gasteiger charge is -2.37. The molecule has 154 valence electrons. The molecule has 27 heavy (non-hydrogen) atoms. The molecule has 1 aliphatic rings. The van der Waals surface area contributed by atoms with Crippen molar-refractivity contribution in [1.29, 1.82) is 0 Å². The van der Waals surface area contributed by atoms with Crippen LogP contribution in [0.5, 0.6) is 5.75 Å². The molecule has 0 spiro atoms. The first-order chi connectivity index (χ1) is 12.7. The molecule has 0 saturated carbocycles. The average molecular weight is 489 g/mol. The van der Waals surface area contributed by atoms with Crippen molar-refractivity contribution in [2.24, 2.45) is 4.99 Å². The number of hydrogen-bond donors (Lipinski definition) is 2. The minimum atomic E-state index is 0. The number of aliphatic imine (C=N–C) groups is 1. The van der Waals surface area contributed by atoms with Crippen LogP contribution < -0.4 is 10.2 Å². The zero-order valence-corrected chi connectivity index (χ0v) is 19.4. The highest BCUT2D eigenvalue weighted by Gasteiger charge is 2.21. The van der Waals surface area contributed by atoms with Gasteiger partial charge in [0.1, 0.15) is 5.75 Å². The van der Waals surface area contributed by atoms with Crippen LogP contribution >= 0.6 is 24.0 Å². The molecule has 0 unspecified atom stereocenters. The molecule has 2 N–H and O–H groups in total. The molecule has 0 amide bonds. The summed E-state index contributed by atoms with van der Waals surface area (Å²) in [6.07, 6.45) is 2.38. The molecule has 6 nitrogen and oxygen atoms in total. The molecule has 2 rings (SSSR count). The highest BCUT2D eigenvalue weighted by Crippen LogP contribution is 2.27. The number of anilines is 1. The number of phenols is 1. The highest BCUT2D eigenvalue weighted by atomic mass is 127. The number of aromatic hydroxyl groups is 1. The van der Waals surface area contributed by atoms with E-state index in [1.54, 1.807) is 6.07 Å². The summed E-state index contributed by atoms with van der Waals surface area (Å²) < 4.78 is 0. The molecule has 1 aromatic rings. The first-order valence-corrected chi connectivity index (χ1v) is 9.90. The molecule has 0 aliphatic carbocycles. The third kappa shape index (κ3) is 7.37. The average Bonchev–Trinajstić information content (AvgIpc) is 2.68. The van der Waals surface area contributed by atoms with Gasteiger partial charge in [-0.15, -0.1) is 24.0 Å². The number of hydrogen-bond acceptors (Lipinski definition) is 4. The number of rotatable bonds is 8. The van der Waals surface area contributed by atoms with E-state index in [-0.39, 0.29) is 24.0 Å². The number of piperazine rings is 1. The van der Waals surface area contributed by atoms with E-state index < -0.39 is 0 Å². The van der Waals surface area contributed by atoms with E-state index in [0.29, 0.717) is 5.75 Å². The van der Waals surface area contributed by atoms with Gasteiger partial charge in [-0.2, -0.15) is 0 Å². The lowest BCUT2D eigenvalue weighted by Crippen LogP contribution is -2.52. The van der Waals surface area contributed by atoms with Crippen LogP contribution in [0.1, 0.15) is 26.7 Å². The van der Waals surface area contributed by atoms with Crippen LogP contribution in [0.3, 0.4) is 0 Å². The van der Waals surface area contributed by atoms with Gasteiger partial charge in [0.25, 0.3) is 0 Å². The van der Waals surface area contributed by atoms with Crippen molar-refractivity contribution in [1.82, 2.24) is 15.1 Å². The molecular weight excluding hydrogens is 453 g/mol. The van der Waals surface area contributed by atoms with Gasteiger partial charge >= 0.3 is 0 Å². The molecule has 0 atom stereocenters. The largest absolute Gasteiger partial charge is 0.506 e. The number of halogens is 1. The zero-order valence-electron chi connectivity index (χ0n) is 17.0. The molecule has 1 heterocycles. The minimum Gasteiger partial charge on any atom is -0.506 e. The predicted octanol–water partition coefficient (Wildman–Crippen LogP) is 2.83. The van der Waals surface area contributed by atoms with E-state index in [1.165, 1.54) is 13.0 Å². The Bertz CT molecular complexity index is 557. The number of guanidine groups is 1. The molecule has 1 aliphatic heterocycles. The van der Waals surface area contributed by atoms with Crippen molar-refractivity contribution in [3.05, 3.63) is 24.3 Å². The third-order valence-corrected chi connectivity index (χ3v) is 5.09. The number of nitrogens with zero attached hydrogens (tertiary/aromatic N) is 4. The summed E-state index contributed by atoms with van der Waals surface area (Å²) in [5.74, 6) is 1.35. The maximum atomic E-state index is 10.0. The lowest BCUT2D eigenvalue weighted by molar-refractivity contribution is 0.296. The number of para-hydroxylation sites is 2. The number of nitrogens with one attached hydrogen (secondary N) is 1. The van der Waals surface area contributed by atoms with Crippen molar-refractivity contribution >= 4 is 35.6 Å². The van der Waals surface area contributed by atoms with E-state index in [4.69, 9.17) is 0 Å². The van der Waals surface area contributed by atoms with E-state index >= 15 is 0 Å². The van der Waals surface area contributed by atoms with Crippen LogP contribution in [-0.2, 0) is 0 Å². The Morgan fingerprint density at radius 3 is 2.37 bits per heavy atom. The Labute approximate surface area is 181 Å². The summed E-state index contributed by atoms with van der Waals surface area (Å²) in [5, 5.41) is 13.5. The molecule has 7 heteroatoms. The van der Waals surface area contributed by atoms with Gasteiger partial charge in [0.05, 0.1) is 5.69 Å². The first kappa shape index (κ1) is 23.8.